The van der Waals surface area contributed by atoms with E-state index in [0.29, 0.717) is 12.5 Å². The van der Waals surface area contributed by atoms with Crippen molar-refractivity contribution in [1.29, 1.82) is 0 Å². The molecule has 1 heterocycles. The van der Waals surface area contributed by atoms with Crippen LogP contribution in [0.2, 0.25) is 0 Å². The average molecular weight is 290 g/mol. The summed E-state index contributed by atoms with van der Waals surface area (Å²) in [4.78, 5) is 27.9. The monoisotopic (exact) mass is 290 g/mol. The first-order valence-corrected chi connectivity index (χ1v) is 8.30. The van der Waals surface area contributed by atoms with Crippen LogP contribution < -0.4 is 5.32 Å². The van der Waals surface area contributed by atoms with Gasteiger partial charge in [0.05, 0.1) is 0 Å². The maximum absolute atomic E-state index is 13.2. The lowest BCUT2D eigenvalue weighted by atomic mass is 9.75. The number of nitrogens with one attached hydrogen (secondary N) is 1. The van der Waals surface area contributed by atoms with Crippen LogP contribution in [0.5, 0.6) is 0 Å². The molecule has 1 aliphatic heterocycles. The molecule has 4 heteroatoms. The van der Waals surface area contributed by atoms with Gasteiger partial charge in [0.15, 0.2) is 0 Å². The topological polar surface area (TPSA) is 49.4 Å². The molecule has 1 unspecified atom stereocenters. The fourth-order valence-electron chi connectivity index (χ4n) is 4.02. The van der Waals surface area contributed by atoms with Gasteiger partial charge in [0.2, 0.25) is 11.8 Å². The van der Waals surface area contributed by atoms with Gasteiger partial charge >= 0.3 is 0 Å². The summed E-state index contributed by atoms with van der Waals surface area (Å²) in [6.07, 6.45) is 10.9. The highest BCUT2D eigenvalue weighted by Crippen LogP contribution is 2.47. The summed E-state index contributed by atoms with van der Waals surface area (Å²) in [5.41, 5.74) is -1.27. The van der Waals surface area contributed by atoms with Crippen LogP contribution in [0.25, 0.3) is 0 Å². The Kier molecular flexibility index (Phi) is 3.58. The lowest BCUT2D eigenvalue weighted by molar-refractivity contribution is -0.164. The summed E-state index contributed by atoms with van der Waals surface area (Å²) in [7, 11) is 0. The summed E-state index contributed by atoms with van der Waals surface area (Å²) < 4.78 is 0. The zero-order valence-electron chi connectivity index (χ0n) is 13.2. The molecular formula is C17H26N2O2. The summed E-state index contributed by atoms with van der Waals surface area (Å²) in [5, 5.41) is 3.15. The van der Waals surface area contributed by atoms with E-state index in [-0.39, 0.29) is 11.8 Å². The standard InChI is InChI=1S/C17H26N2O2/c1-3-4-12-19-15(21)17(10-6-5-7-11-17)18-14(20)16(19,2)13-8-9-13/h3-4,13H,5-12H2,1-2H3,(H,18,20)/b4-3+. The van der Waals surface area contributed by atoms with Gasteiger partial charge in [-0.3, -0.25) is 9.59 Å². The van der Waals surface area contributed by atoms with Crippen LogP contribution >= 0.6 is 0 Å². The quantitative estimate of drug-likeness (QED) is 0.811. The van der Waals surface area contributed by atoms with Crippen molar-refractivity contribution in [3.8, 4) is 0 Å². The molecule has 3 rings (SSSR count). The Morgan fingerprint density at radius 3 is 2.48 bits per heavy atom. The third-order valence-corrected chi connectivity index (χ3v) is 5.63. The molecule has 4 nitrogen and oxygen atoms in total. The van der Waals surface area contributed by atoms with Crippen molar-refractivity contribution in [3.05, 3.63) is 12.2 Å². The number of nitrogens with zero attached hydrogens (tertiary/aromatic N) is 1. The van der Waals surface area contributed by atoms with E-state index in [1.807, 2.05) is 30.9 Å². The Bertz CT molecular complexity index is 475. The molecule has 0 bridgehead atoms. The van der Waals surface area contributed by atoms with E-state index in [1.165, 1.54) is 6.42 Å². The number of hydrogen-bond donors (Lipinski definition) is 1. The van der Waals surface area contributed by atoms with E-state index in [9.17, 15) is 9.59 Å². The SMILES string of the molecule is C/C=C/CN1C(=O)C2(CCCCC2)NC(=O)C1(C)C1CC1. The summed E-state index contributed by atoms with van der Waals surface area (Å²) in [6, 6.07) is 0. The number of rotatable bonds is 3. The molecule has 0 aromatic carbocycles. The smallest absolute Gasteiger partial charge is 0.249 e. The predicted molar refractivity (Wildman–Crippen MR) is 81.6 cm³/mol. The lowest BCUT2D eigenvalue weighted by Crippen LogP contribution is -2.76. The van der Waals surface area contributed by atoms with E-state index in [2.05, 4.69) is 5.32 Å². The minimum Gasteiger partial charge on any atom is -0.340 e. The number of piperazine rings is 1. The van der Waals surface area contributed by atoms with Gasteiger partial charge in [0.1, 0.15) is 11.1 Å². The van der Waals surface area contributed by atoms with Gasteiger partial charge in [-0.15, -0.1) is 0 Å². The van der Waals surface area contributed by atoms with Crippen molar-refractivity contribution < 1.29 is 9.59 Å². The van der Waals surface area contributed by atoms with Crippen LogP contribution in [-0.4, -0.2) is 34.3 Å². The highest BCUT2D eigenvalue weighted by molar-refractivity contribution is 6.02. The van der Waals surface area contributed by atoms with E-state index < -0.39 is 11.1 Å². The van der Waals surface area contributed by atoms with Gasteiger partial charge in [0, 0.05) is 6.54 Å². The minimum absolute atomic E-state index is 0.0657. The normalized spacial score (nSPS) is 32.8. The van der Waals surface area contributed by atoms with Gasteiger partial charge in [-0.2, -0.15) is 0 Å². The molecule has 2 amide bonds. The van der Waals surface area contributed by atoms with Crippen molar-refractivity contribution in [1.82, 2.24) is 10.2 Å². The molecule has 0 aromatic rings. The van der Waals surface area contributed by atoms with Crippen molar-refractivity contribution >= 4 is 11.8 Å². The fraction of sp³-hybridized carbons (Fsp3) is 0.765. The van der Waals surface area contributed by atoms with E-state index in [1.54, 1.807) is 0 Å². The van der Waals surface area contributed by atoms with Gasteiger partial charge in [-0.05, 0) is 45.4 Å². The predicted octanol–water partition coefficient (Wildman–Crippen LogP) is 2.39. The van der Waals surface area contributed by atoms with Crippen molar-refractivity contribution in [2.75, 3.05) is 6.54 Å². The van der Waals surface area contributed by atoms with Gasteiger partial charge < -0.3 is 10.2 Å². The molecule has 2 saturated carbocycles. The average Bonchev–Trinajstić information content (AvgIpc) is 3.31. The Hall–Kier alpha value is -1.32. The highest BCUT2D eigenvalue weighted by atomic mass is 16.2. The molecule has 116 valence electrons. The molecule has 0 aromatic heterocycles. The fourth-order valence-corrected chi connectivity index (χ4v) is 4.02. The number of hydrogen-bond acceptors (Lipinski definition) is 2. The Labute approximate surface area is 127 Å². The number of carbonyl (C=O) groups excluding carboxylic acids is 2. The van der Waals surface area contributed by atoms with Crippen LogP contribution in [0.1, 0.15) is 58.8 Å². The summed E-state index contributed by atoms with van der Waals surface area (Å²) >= 11 is 0. The molecule has 3 fully saturated rings. The third kappa shape index (κ3) is 2.19. The second-order valence-corrected chi connectivity index (χ2v) is 7.00. The van der Waals surface area contributed by atoms with Gasteiger partial charge in [-0.1, -0.05) is 31.4 Å². The van der Waals surface area contributed by atoms with Crippen LogP contribution in [0.3, 0.4) is 0 Å². The molecule has 3 aliphatic rings. The van der Waals surface area contributed by atoms with Gasteiger partial charge in [-0.25, -0.2) is 0 Å². The first-order chi connectivity index (χ1) is 10.0. The van der Waals surface area contributed by atoms with E-state index in [4.69, 9.17) is 0 Å². The maximum Gasteiger partial charge on any atom is 0.249 e. The molecule has 0 radical (unpaired) electrons. The molecule has 21 heavy (non-hydrogen) atoms. The Morgan fingerprint density at radius 1 is 1.24 bits per heavy atom. The van der Waals surface area contributed by atoms with Crippen molar-refractivity contribution in [2.24, 2.45) is 5.92 Å². The van der Waals surface area contributed by atoms with Crippen molar-refractivity contribution in [2.45, 2.75) is 69.9 Å². The molecule has 2 aliphatic carbocycles. The van der Waals surface area contributed by atoms with Crippen molar-refractivity contribution in [3.63, 3.8) is 0 Å². The first kappa shape index (κ1) is 14.6. The maximum atomic E-state index is 13.2. The second-order valence-electron chi connectivity index (χ2n) is 7.00. The lowest BCUT2D eigenvalue weighted by Gasteiger charge is -2.52. The van der Waals surface area contributed by atoms with E-state index in [0.717, 1.165) is 38.5 Å². The van der Waals surface area contributed by atoms with Crippen LogP contribution in [0.15, 0.2) is 12.2 Å². The summed E-state index contributed by atoms with van der Waals surface area (Å²) in [6.45, 7) is 4.47. The third-order valence-electron chi connectivity index (χ3n) is 5.63. The number of allylic oxidation sites excluding steroid dienone is 1. The van der Waals surface area contributed by atoms with Crippen LogP contribution in [-0.2, 0) is 9.59 Å². The number of carbonyl (C=O) groups is 2. The van der Waals surface area contributed by atoms with Crippen LogP contribution in [0.4, 0.5) is 0 Å². The van der Waals surface area contributed by atoms with E-state index >= 15 is 0 Å². The zero-order chi connectivity index (χ0) is 15.1. The summed E-state index contributed by atoms with van der Waals surface area (Å²) in [5.74, 6) is 0.540. The Balaban J connectivity index is 1.95. The minimum atomic E-state index is -0.653. The zero-order valence-corrected chi connectivity index (χ0v) is 13.2. The second kappa shape index (κ2) is 5.15. The largest absolute Gasteiger partial charge is 0.340 e. The van der Waals surface area contributed by atoms with Gasteiger partial charge in [0.25, 0.3) is 0 Å². The molecule has 1 N–H and O–H groups in total. The molecular weight excluding hydrogens is 264 g/mol. The Morgan fingerprint density at radius 2 is 1.90 bits per heavy atom. The highest BCUT2D eigenvalue weighted by Gasteiger charge is 2.61. The molecule has 1 saturated heterocycles. The van der Waals surface area contributed by atoms with Crippen LogP contribution in [0, 0.1) is 5.92 Å². The first-order valence-electron chi connectivity index (χ1n) is 8.30. The molecule has 1 atom stereocenters. The number of amides is 2. The molecule has 1 spiro atoms.